The summed E-state index contributed by atoms with van der Waals surface area (Å²) >= 11 is 0. The van der Waals surface area contributed by atoms with Gasteiger partial charge in [-0.1, -0.05) is 25.5 Å². The SMILES string of the molecule is CCC[C@H]1C(=O)NC(=O)N1c1ccc(OC)c(C(=O)N(C)Cc2ccc(Oc3ccc(F)cc3)cc2)c1. The fourth-order valence-corrected chi connectivity index (χ4v) is 4.20. The molecule has 1 aliphatic heterocycles. The summed E-state index contributed by atoms with van der Waals surface area (Å²) in [6.45, 7) is 2.25. The molecule has 1 fully saturated rings. The molecule has 37 heavy (non-hydrogen) atoms. The molecule has 192 valence electrons. The van der Waals surface area contributed by atoms with Crippen molar-refractivity contribution in [2.75, 3.05) is 19.1 Å². The zero-order valence-corrected chi connectivity index (χ0v) is 20.9. The second-order valence-corrected chi connectivity index (χ2v) is 8.71. The lowest BCUT2D eigenvalue weighted by atomic mass is 10.1. The second kappa shape index (κ2) is 11.1. The maximum absolute atomic E-state index is 13.4. The molecule has 0 unspecified atom stereocenters. The average molecular weight is 506 g/mol. The van der Waals surface area contributed by atoms with Gasteiger partial charge in [0.05, 0.1) is 12.7 Å². The van der Waals surface area contributed by atoms with Crippen LogP contribution in [-0.4, -0.2) is 42.9 Å². The number of amides is 4. The molecule has 4 rings (SSSR count). The van der Waals surface area contributed by atoms with Crippen molar-refractivity contribution in [3.8, 4) is 17.2 Å². The summed E-state index contributed by atoms with van der Waals surface area (Å²) in [5, 5.41) is 2.35. The molecule has 0 spiro atoms. The summed E-state index contributed by atoms with van der Waals surface area (Å²) in [5.74, 6) is 0.474. The van der Waals surface area contributed by atoms with E-state index in [1.165, 1.54) is 29.0 Å². The van der Waals surface area contributed by atoms with Crippen LogP contribution in [0.5, 0.6) is 17.2 Å². The molecular weight excluding hydrogens is 477 g/mol. The molecular formula is C28H28FN3O5. The molecule has 0 aromatic heterocycles. The number of methoxy groups -OCH3 is 1. The van der Waals surface area contributed by atoms with Gasteiger partial charge in [-0.3, -0.25) is 19.8 Å². The molecule has 1 atom stereocenters. The van der Waals surface area contributed by atoms with Gasteiger partial charge >= 0.3 is 6.03 Å². The summed E-state index contributed by atoms with van der Waals surface area (Å²) in [6.07, 6.45) is 1.23. The maximum atomic E-state index is 13.4. The van der Waals surface area contributed by atoms with E-state index in [1.807, 2.05) is 19.1 Å². The highest BCUT2D eigenvalue weighted by Crippen LogP contribution is 2.30. The Kier molecular flexibility index (Phi) is 7.71. The van der Waals surface area contributed by atoms with E-state index in [0.29, 0.717) is 35.9 Å². The molecule has 0 aliphatic carbocycles. The Hall–Kier alpha value is -4.40. The number of imide groups is 1. The lowest BCUT2D eigenvalue weighted by Gasteiger charge is -2.24. The molecule has 0 radical (unpaired) electrons. The van der Waals surface area contributed by atoms with Crippen molar-refractivity contribution in [1.82, 2.24) is 10.2 Å². The molecule has 9 heteroatoms. The van der Waals surface area contributed by atoms with Gasteiger partial charge in [-0.25, -0.2) is 9.18 Å². The van der Waals surface area contributed by atoms with Crippen LogP contribution in [-0.2, 0) is 11.3 Å². The van der Waals surface area contributed by atoms with E-state index < -0.39 is 12.1 Å². The molecule has 1 heterocycles. The highest BCUT2D eigenvalue weighted by atomic mass is 19.1. The van der Waals surface area contributed by atoms with Gasteiger partial charge in [0.1, 0.15) is 29.1 Å². The van der Waals surface area contributed by atoms with Crippen LogP contribution in [0.25, 0.3) is 0 Å². The zero-order chi connectivity index (χ0) is 26.5. The van der Waals surface area contributed by atoms with Gasteiger partial charge in [-0.05, 0) is 66.6 Å². The third kappa shape index (κ3) is 5.72. The van der Waals surface area contributed by atoms with Gasteiger partial charge in [-0.2, -0.15) is 0 Å². The molecule has 1 N–H and O–H groups in total. The molecule has 1 aliphatic rings. The van der Waals surface area contributed by atoms with Gasteiger partial charge in [0.15, 0.2) is 0 Å². The predicted octanol–water partition coefficient (Wildman–Crippen LogP) is 5.12. The summed E-state index contributed by atoms with van der Waals surface area (Å²) < 4.78 is 24.2. The molecule has 3 aromatic rings. The van der Waals surface area contributed by atoms with Crippen LogP contribution in [0.1, 0.15) is 35.7 Å². The van der Waals surface area contributed by atoms with Crippen molar-refractivity contribution >= 4 is 23.5 Å². The minimum absolute atomic E-state index is 0.279. The first kappa shape index (κ1) is 25.7. The maximum Gasteiger partial charge on any atom is 0.329 e. The quantitative estimate of drug-likeness (QED) is 0.408. The van der Waals surface area contributed by atoms with Crippen LogP contribution >= 0.6 is 0 Å². The van der Waals surface area contributed by atoms with Crippen molar-refractivity contribution < 1.29 is 28.2 Å². The first-order valence-corrected chi connectivity index (χ1v) is 11.9. The molecule has 8 nitrogen and oxygen atoms in total. The van der Waals surface area contributed by atoms with E-state index in [0.717, 1.165) is 12.0 Å². The molecule has 3 aromatic carbocycles. The largest absolute Gasteiger partial charge is 0.496 e. The summed E-state index contributed by atoms with van der Waals surface area (Å²) in [7, 11) is 3.14. The van der Waals surface area contributed by atoms with Crippen LogP contribution < -0.4 is 19.7 Å². The summed E-state index contributed by atoms with van der Waals surface area (Å²) in [6, 6.07) is 16.7. The number of halogens is 1. The third-order valence-corrected chi connectivity index (χ3v) is 6.06. The van der Waals surface area contributed by atoms with Crippen LogP contribution in [0, 0.1) is 5.82 Å². The normalized spacial score (nSPS) is 14.9. The minimum atomic E-state index is -0.623. The summed E-state index contributed by atoms with van der Waals surface area (Å²) in [5.41, 5.74) is 1.59. The Labute approximate surface area is 214 Å². The molecule has 4 amide bonds. The lowest BCUT2D eigenvalue weighted by molar-refractivity contribution is -0.120. The van der Waals surface area contributed by atoms with Crippen molar-refractivity contribution in [2.45, 2.75) is 32.4 Å². The fourth-order valence-electron chi connectivity index (χ4n) is 4.20. The number of ether oxygens (including phenoxy) is 2. The number of benzene rings is 3. The minimum Gasteiger partial charge on any atom is -0.496 e. The highest BCUT2D eigenvalue weighted by molar-refractivity contribution is 6.14. The number of carbonyl (C=O) groups excluding carboxylic acids is 3. The Bertz CT molecular complexity index is 1290. The number of hydrogen-bond donors (Lipinski definition) is 1. The molecule has 0 bridgehead atoms. The zero-order valence-electron chi connectivity index (χ0n) is 20.9. The smallest absolute Gasteiger partial charge is 0.329 e. The van der Waals surface area contributed by atoms with Gasteiger partial charge < -0.3 is 14.4 Å². The number of hydrogen-bond acceptors (Lipinski definition) is 5. The Morgan fingerprint density at radius 1 is 1.03 bits per heavy atom. The van der Waals surface area contributed by atoms with Crippen molar-refractivity contribution in [3.05, 3.63) is 83.7 Å². The molecule has 1 saturated heterocycles. The highest BCUT2D eigenvalue weighted by Gasteiger charge is 2.39. The number of carbonyl (C=O) groups is 3. The number of urea groups is 1. The Morgan fingerprint density at radius 3 is 2.30 bits per heavy atom. The van der Waals surface area contributed by atoms with Crippen molar-refractivity contribution in [1.29, 1.82) is 0 Å². The second-order valence-electron chi connectivity index (χ2n) is 8.71. The Balaban J connectivity index is 1.50. The van der Waals surface area contributed by atoms with Gasteiger partial charge in [0.2, 0.25) is 0 Å². The summed E-state index contributed by atoms with van der Waals surface area (Å²) in [4.78, 5) is 41.1. The average Bonchev–Trinajstić information content (AvgIpc) is 3.18. The number of nitrogens with zero attached hydrogens (tertiary/aromatic N) is 2. The number of anilines is 1. The van der Waals surface area contributed by atoms with Gasteiger partial charge in [0.25, 0.3) is 11.8 Å². The van der Waals surface area contributed by atoms with E-state index in [9.17, 15) is 18.8 Å². The van der Waals surface area contributed by atoms with E-state index in [4.69, 9.17) is 9.47 Å². The standard InChI is InChI=1S/C28H28FN3O5/c1-4-5-24-26(33)30-28(35)32(24)20-10-15-25(36-3)23(16-20)27(34)31(2)17-18-6-11-21(12-7-18)37-22-13-8-19(29)9-14-22/h6-16,24H,4-5,17H2,1-3H3,(H,30,33,35)/t24-/m0/s1. The van der Waals surface area contributed by atoms with E-state index in [2.05, 4.69) is 5.32 Å². The van der Waals surface area contributed by atoms with E-state index in [1.54, 1.807) is 49.5 Å². The van der Waals surface area contributed by atoms with Crippen LogP contribution in [0.3, 0.4) is 0 Å². The van der Waals surface area contributed by atoms with E-state index in [-0.39, 0.29) is 23.2 Å². The first-order chi connectivity index (χ1) is 17.8. The van der Waals surface area contributed by atoms with Crippen LogP contribution in [0.15, 0.2) is 66.7 Å². The number of nitrogens with one attached hydrogen (secondary N) is 1. The van der Waals surface area contributed by atoms with Crippen LogP contribution in [0.4, 0.5) is 14.9 Å². The predicted molar refractivity (Wildman–Crippen MR) is 136 cm³/mol. The lowest BCUT2D eigenvalue weighted by Crippen LogP contribution is -2.35. The van der Waals surface area contributed by atoms with Crippen molar-refractivity contribution in [3.63, 3.8) is 0 Å². The van der Waals surface area contributed by atoms with Crippen LogP contribution in [0.2, 0.25) is 0 Å². The van der Waals surface area contributed by atoms with Gasteiger partial charge in [-0.15, -0.1) is 0 Å². The van der Waals surface area contributed by atoms with Crippen molar-refractivity contribution in [2.24, 2.45) is 0 Å². The Morgan fingerprint density at radius 2 is 1.68 bits per heavy atom. The van der Waals surface area contributed by atoms with Gasteiger partial charge in [0, 0.05) is 19.3 Å². The fraction of sp³-hybridized carbons (Fsp3) is 0.250. The van der Waals surface area contributed by atoms with E-state index >= 15 is 0 Å². The topological polar surface area (TPSA) is 88.2 Å². The third-order valence-electron chi connectivity index (χ3n) is 6.06. The molecule has 0 saturated carbocycles. The first-order valence-electron chi connectivity index (χ1n) is 11.9. The number of rotatable bonds is 9. The monoisotopic (exact) mass is 505 g/mol.